The zero-order valence-corrected chi connectivity index (χ0v) is 25.7. The summed E-state index contributed by atoms with van der Waals surface area (Å²) in [6, 6.07) is 32.0. The smallest absolute Gasteiger partial charge is 0.158 e. The molecule has 0 saturated carbocycles. The molecule has 5 aromatic carbocycles. The van der Waals surface area contributed by atoms with Gasteiger partial charge in [0.15, 0.2) is 11.5 Å². The number of aromatic hydroxyl groups is 2. The van der Waals surface area contributed by atoms with E-state index in [4.69, 9.17) is 10.2 Å². The van der Waals surface area contributed by atoms with E-state index in [2.05, 4.69) is 55.5 Å². The quantitative estimate of drug-likeness (QED) is 0.164. The highest BCUT2D eigenvalue weighted by Gasteiger charge is 2.39. The lowest BCUT2D eigenvalue weighted by molar-refractivity contribution is 0.107. The molecule has 0 aromatic heterocycles. The second-order valence-corrected chi connectivity index (χ2v) is 9.60. The van der Waals surface area contributed by atoms with Gasteiger partial charge in [0.25, 0.3) is 0 Å². The number of fused-ring (bicyclic) bond motifs is 7. The molecule has 0 bridgehead atoms. The molecule has 3 N–H and O–H groups in total. The summed E-state index contributed by atoms with van der Waals surface area (Å²) in [7, 11) is 0. The van der Waals surface area contributed by atoms with Crippen molar-refractivity contribution in [3.05, 3.63) is 119 Å². The molecule has 0 saturated heterocycles. The lowest BCUT2D eigenvalue weighted by Gasteiger charge is -2.20. The molecule has 5 aromatic rings. The van der Waals surface area contributed by atoms with Crippen molar-refractivity contribution in [3.8, 4) is 33.8 Å². The molecule has 0 aliphatic heterocycles. The molecular formula is C39H48O3. The van der Waals surface area contributed by atoms with Crippen LogP contribution in [0.3, 0.4) is 0 Å². The van der Waals surface area contributed by atoms with Gasteiger partial charge in [-0.3, -0.25) is 0 Å². The Morgan fingerprint density at radius 3 is 1.57 bits per heavy atom. The first kappa shape index (κ1) is 34.1. The molecule has 0 spiro atoms. The molecular weight excluding hydrogens is 516 g/mol. The van der Waals surface area contributed by atoms with Gasteiger partial charge in [0.05, 0.1) is 0 Å². The van der Waals surface area contributed by atoms with Gasteiger partial charge in [-0.15, -0.1) is 0 Å². The molecule has 3 nitrogen and oxygen atoms in total. The van der Waals surface area contributed by atoms with Crippen LogP contribution in [-0.4, -0.2) is 15.3 Å². The molecule has 0 radical (unpaired) electrons. The average Bonchev–Trinajstić information content (AvgIpc) is 3.43. The number of phenolic OH excluding ortho intramolecular Hbond substituents is 2. The number of hydrogen-bond acceptors (Lipinski definition) is 3. The Morgan fingerprint density at radius 1 is 0.524 bits per heavy atom. The van der Waals surface area contributed by atoms with Crippen molar-refractivity contribution in [2.24, 2.45) is 0 Å². The van der Waals surface area contributed by atoms with Crippen molar-refractivity contribution in [2.45, 2.75) is 74.3 Å². The summed E-state index contributed by atoms with van der Waals surface area (Å²) >= 11 is 0. The second-order valence-electron chi connectivity index (χ2n) is 9.60. The largest absolute Gasteiger partial charge is 0.504 e. The molecule has 0 heterocycles. The summed E-state index contributed by atoms with van der Waals surface area (Å²) in [4.78, 5) is 0. The molecule has 42 heavy (non-hydrogen) atoms. The Morgan fingerprint density at radius 2 is 1.00 bits per heavy atom. The molecule has 222 valence electrons. The van der Waals surface area contributed by atoms with Crippen LogP contribution >= 0.6 is 0 Å². The second kappa shape index (κ2) is 14.7. The van der Waals surface area contributed by atoms with E-state index in [1.165, 1.54) is 33.4 Å². The first-order valence-corrected chi connectivity index (χ1v) is 14.9. The summed E-state index contributed by atoms with van der Waals surface area (Å²) in [6.45, 7) is 16.2. The topological polar surface area (TPSA) is 60.7 Å². The first-order chi connectivity index (χ1) is 19.9. The molecule has 2 unspecified atom stereocenters. The number of aliphatic hydroxyl groups is 1. The van der Waals surface area contributed by atoms with E-state index in [0.29, 0.717) is 5.92 Å². The predicted molar refractivity (Wildman–Crippen MR) is 182 cm³/mol. The van der Waals surface area contributed by atoms with Gasteiger partial charge in [0, 0.05) is 5.92 Å². The van der Waals surface area contributed by atoms with Crippen LogP contribution in [0.4, 0.5) is 0 Å². The van der Waals surface area contributed by atoms with Crippen molar-refractivity contribution in [3.63, 3.8) is 0 Å². The van der Waals surface area contributed by atoms with Crippen molar-refractivity contribution in [1.29, 1.82) is 0 Å². The van der Waals surface area contributed by atoms with Gasteiger partial charge in [0.2, 0.25) is 0 Å². The van der Waals surface area contributed by atoms with Crippen LogP contribution in [-0.2, 0) is 5.60 Å². The zero-order chi connectivity index (χ0) is 30.3. The third kappa shape index (κ3) is 6.07. The summed E-state index contributed by atoms with van der Waals surface area (Å²) < 4.78 is 0. The number of rotatable bonds is 0. The summed E-state index contributed by atoms with van der Waals surface area (Å²) in [5.74, 6) is 0.256. The van der Waals surface area contributed by atoms with Gasteiger partial charge in [-0.25, -0.2) is 0 Å². The fraction of sp³-hybridized carbons (Fsp3) is 0.282. The van der Waals surface area contributed by atoms with E-state index in [1.54, 1.807) is 12.1 Å². The van der Waals surface area contributed by atoms with Crippen molar-refractivity contribution < 1.29 is 15.3 Å². The third-order valence-corrected chi connectivity index (χ3v) is 7.48. The van der Waals surface area contributed by atoms with Crippen molar-refractivity contribution >= 4 is 10.8 Å². The maximum Gasteiger partial charge on any atom is 0.158 e. The normalized spacial score (nSPS) is 16.1. The zero-order valence-electron chi connectivity index (χ0n) is 25.7. The standard InChI is InChI=1S/C22H18O.C10H8O2.3C2H6.CH4/c1-13-14-7-3-4-8-15(14)18-12-21-19(11-17(13)18)16-9-5-6-10-20(16)22(21,2)23;11-9-5-7-3-1-2-4-8(7)6-10(9)12;3*1-2;/h3-13,23H,1-2H3;1-6,11-12H;3*1-2H3;1H4. The number of hydrogen-bond donors (Lipinski definition) is 3. The van der Waals surface area contributed by atoms with Crippen molar-refractivity contribution in [2.75, 3.05) is 0 Å². The molecule has 3 heteroatoms. The van der Waals surface area contributed by atoms with Crippen LogP contribution in [0.5, 0.6) is 11.5 Å². The van der Waals surface area contributed by atoms with E-state index in [1.807, 2.05) is 84.9 Å². The summed E-state index contributed by atoms with van der Waals surface area (Å²) in [5.41, 5.74) is 8.83. The summed E-state index contributed by atoms with van der Waals surface area (Å²) in [5, 5.41) is 31.3. The maximum atomic E-state index is 11.1. The van der Waals surface area contributed by atoms with E-state index in [0.717, 1.165) is 21.9 Å². The Bertz CT molecular complexity index is 1570. The highest BCUT2D eigenvalue weighted by Crippen LogP contribution is 2.53. The third-order valence-electron chi connectivity index (χ3n) is 7.48. The Balaban J connectivity index is 0.000000277. The van der Waals surface area contributed by atoms with E-state index in [-0.39, 0.29) is 18.9 Å². The van der Waals surface area contributed by atoms with Crippen molar-refractivity contribution in [1.82, 2.24) is 0 Å². The van der Waals surface area contributed by atoms with Gasteiger partial charge in [-0.05, 0) is 86.5 Å². The Labute approximate surface area is 253 Å². The lowest BCUT2D eigenvalue weighted by atomic mass is 9.90. The SMILES string of the molecule is C.CC.CC.CC.CC1c2ccccc2-c2cc3c(cc21)-c1ccccc1C3(C)O.Oc1cc2ccccc2cc1O. The first-order valence-electron chi connectivity index (χ1n) is 14.9. The fourth-order valence-corrected chi connectivity index (χ4v) is 5.62. The van der Waals surface area contributed by atoms with Crippen LogP contribution < -0.4 is 0 Å². The lowest BCUT2D eigenvalue weighted by Crippen LogP contribution is -2.19. The van der Waals surface area contributed by atoms with Gasteiger partial charge < -0.3 is 15.3 Å². The minimum Gasteiger partial charge on any atom is -0.504 e. The van der Waals surface area contributed by atoms with E-state index in [9.17, 15) is 5.11 Å². The van der Waals surface area contributed by atoms with Gasteiger partial charge >= 0.3 is 0 Å². The summed E-state index contributed by atoms with van der Waals surface area (Å²) in [6.07, 6.45) is 0. The minimum absolute atomic E-state index is 0. The number of phenols is 2. The molecule has 2 aliphatic carbocycles. The van der Waals surface area contributed by atoms with Crippen LogP contribution in [0.25, 0.3) is 33.0 Å². The average molecular weight is 565 g/mol. The highest BCUT2D eigenvalue weighted by molar-refractivity contribution is 5.88. The molecule has 0 fully saturated rings. The van der Waals surface area contributed by atoms with Crippen LogP contribution in [0, 0.1) is 0 Å². The fourth-order valence-electron chi connectivity index (χ4n) is 5.62. The van der Waals surface area contributed by atoms with Gasteiger partial charge in [0.1, 0.15) is 5.60 Å². The maximum absolute atomic E-state index is 11.1. The number of benzene rings is 5. The van der Waals surface area contributed by atoms with Crippen LogP contribution in [0.2, 0.25) is 0 Å². The molecule has 0 amide bonds. The van der Waals surface area contributed by atoms with Crippen LogP contribution in [0.1, 0.15) is 91.0 Å². The van der Waals surface area contributed by atoms with Gasteiger partial charge in [-0.2, -0.15) is 0 Å². The highest BCUT2D eigenvalue weighted by atomic mass is 16.3. The Hall–Kier alpha value is -4.08. The monoisotopic (exact) mass is 564 g/mol. The van der Waals surface area contributed by atoms with E-state index >= 15 is 0 Å². The molecule has 2 atom stereocenters. The molecule has 7 rings (SSSR count). The van der Waals surface area contributed by atoms with Crippen LogP contribution in [0.15, 0.2) is 97.1 Å². The van der Waals surface area contributed by atoms with E-state index < -0.39 is 5.60 Å². The molecule has 2 aliphatic rings. The Kier molecular flexibility index (Phi) is 11.9. The predicted octanol–water partition coefficient (Wildman–Crippen LogP) is 11.0. The minimum atomic E-state index is -0.915. The van der Waals surface area contributed by atoms with Gasteiger partial charge in [-0.1, -0.05) is 129 Å².